The molecule has 0 fully saturated rings. The molecule has 0 aromatic heterocycles. The number of benzene rings is 27. The summed E-state index contributed by atoms with van der Waals surface area (Å²) in [6.07, 6.45) is 0. The predicted molar refractivity (Wildman–Crippen MR) is 595 cm³/mol. The fourth-order valence-corrected chi connectivity index (χ4v) is 15.7. The summed E-state index contributed by atoms with van der Waals surface area (Å²) in [4.78, 5) is 0. The Bertz CT molecular complexity index is 15200. The Kier molecular flexibility index (Phi) is 8.00. The summed E-state index contributed by atoms with van der Waals surface area (Å²) in [6, 6.07) is -90.0. The molecule has 27 rings (SSSR count). The molecular formula is C138H90. The van der Waals surface area contributed by atoms with Crippen molar-refractivity contribution in [1.29, 1.82) is 0 Å². The Morgan fingerprint density at radius 3 is 0.551 bits per heavy atom. The minimum absolute atomic E-state index is 0.605. The molecule has 138 heavy (non-hydrogen) atoms. The standard InChI is InChI=1S/3C46H30/c1-2-14-34(15-3-1)45-41-20-8-9-21-42(41)46(35-26-24-33(25-27-35)39-22-10-16-31-12-4-6-18-37(31)39)44-30-36(28-29-43(44)45)40-23-11-17-32-13-5-7-19-38(32)40;1-2-13-34(14-3-1)46-42-19-9-8-18-41(42)45(35-24-22-33(23-25-35)40-20-10-16-32-12-6-7-17-39(32)40)43-28-27-38(30-44(43)46)37-26-21-31-11-4-5-15-36(31)29-37;1-2-13-34(14-3-1)45-41-18-8-9-19-42(41)46(35-24-22-33(23-25-35)40-20-10-16-32-12-6-7-17-39(32)40)44-30-38(27-28-43(44)45)37-26-21-31-11-4-5-15-36(31)29-37/h3*1-30H/i3*1D,2D,3D,4D,5D,6D,7D,8D,9D,10D,11D,12D,13D,14D,15D,16D,17D,18D,19D,20D,21D,22D,23D,24D,25D,26D,27D,28D,29D,30D. The summed E-state index contributed by atoms with van der Waals surface area (Å²) >= 11 is 0. The lowest BCUT2D eigenvalue weighted by molar-refractivity contribution is 1.62. The zero-order valence-electron chi connectivity index (χ0n) is 159. The Morgan fingerprint density at radius 1 is 0.0870 bits per heavy atom. The van der Waals surface area contributed by atoms with Gasteiger partial charge in [-0.05, 0) is 293 Å². The van der Waals surface area contributed by atoms with Crippen molar-refractivity contribution in [3.05, 3.63) is 544 Å². The molecule has 0 amide bonds. The lowest BCUT2D eigenvalue weighted by atomic mass is 9.84. The molecule has 0 bridgehead atoms. The molecule has 27 aromatic carbocycles. The van der Waals surface area contributed by atoms with Crippen LogP contribution in [-0.2, 0) is 0 Å². The monoisotopic (exact) mass is 1840 g/mol. The van der Waals surface area contributed by atoms with Crippen LogP contribution in [-0.4, -0.2) is 0 Å². The van der Waals surface area contributed by atoms with Crippen molar-refractivity contribution < 1.29 is 123 Å². The summed E-state index contributed by atoms with van der Waals surface area (Å²) in [5, 5.41) is -17.9. The van der Waals surface area contributed by atoms with Crippen LogP contribution < -0.4 is 0 Å². The van der Waals surface area contributed by atoms with Gasteiger partial charge in [0, 0.05) is 0 Å². The predicted octanol–water partition coefficient (Wildman–Crippen LogP) is 38.9. The highest BCUT2D eigenvalue weighted by Crippen LogP contribution is 2.51. The molecule has 0 saturated carbocycles. The zero-order chi connectivity index (χ0) is 170. The first-order chi connectivity index (χ1) is 106. The molecule has 0 N–H and O–H groups in total. The SMILES string of the molecule is [2H]c1c([2H])c([2H])c(-c2c3c([2H])c([2H])c([2H])c([2H])c3c(-c3c([2H])c([2H])c(-c4c([2H])c([2H])c([2H])c5c([2H])c([2H])c([2H])c([2H])c45)c([2H])c3[2H])c3c([2H])c(-c4c([2H])c([2H])c([2H])c5c([2H])c([2H])c([2H])c([2H])c45)c([2H])c([2H])c23)c([2H])c1[2H].[2H]c1c([2H])c([2H])c(-c2c3c([2H])c([2H])c([2H])c([2H])c3c(-c3c([2H])c([2H])c(-c4c([2H])c([2H])c([2H])c5c([2H])c([2H])c([2H])c([2H])c45)c([2H])c3[2H])c3c([2H])c(-c4c([2H])c([2H])c5c([2H])c([2H])c([2H])c([2H])c5c4[2H])c([2H])c([2H])c23)c([2H])c1[2H].[2H]c1c([2H])c([2H])c(-c2c3c([2H])c([2H])c([2H])c([2H])c3c(-c3c([2H])c([2H])c(-c4c([2H])c([2H])c([2H])c5c([2H])c([2H])c([2H])c([2H])c45)c([2H])c3[2H])c3c([2H])c([2H])c(-c4c([2H])c([2H])c5c([2H])c([2H])c([2H])c([2H])c5c4[2H])c([2H])c23)c([2H])c1[2H]. The topological polar surface area (TPSA) is 0 Å². The number of fused-ring (bicyclic) bond motifs is 12. The van der Waals surface area contributed by atoms with E-state index in [1.54, 1.807) is 0 Å². The minimum atomic E-state index is -1.19. The molecule has 0 radical (unpaired) electrons. The zero-order valence-corrected chi connectivity index (χ0v) is 69.0. The van der Waals surface area contributed by atoms with Gasteiger partial charge in [0.05, 0.1) is 123 Å². The van der Waals surface area contributed by atoms with Crippen molar-refractivity contribution in [2.45, 2.75) is 0 Å². The Hall–Kier alpha value is -17.9. The third kappa shape index (κ3) is 15.0. The van der Waals surface area contributed by atoms with Gasteiger partial charge >= 0.3 is 0 Å². The van der Waals surface area contributed by atoms with E-state index in [1.165, 1.54) is 0 Å². The van der Waals surface area contributed by atoms with E-state index in [0.717, 1.165) is 0 Å². The first kappa shape index (κ1) is 31.1. The third-order valence-corrected chi connectivity index (χ3v) is 21.6. The smallest absolute Gasteiger partial charge is 0.0622 e. The van der Waals surface area contributed by atoms with Crippen LogP contribution in [0.2, 0.25) is 0 Å². The van der Waals surface area contributed by atoms with Gasteiger partial charge in [0.25, 0.3) is 0 Å². The lowest BCUT2D eigenvalue weighted by Crippen LogP contribution is -1.92. The summed E-state index contributed by atoms with van der Waals surface area (Å²) in [5.41, 5.74) is -20.8. The maximum atomic E-state index is 10.1. The van der Waals surface area contributed by atoms with E-state index in [9.17, 15) is 42.5 Å². The maximum absolute atomic E-state index is 10.1. The molecule has 642 valence electrons. The molecule has 0 saturated heterocycles. The van der Waals surface area contributed by atoms with Gasteiger partial charge in [-0.3, -0.25) is 0 Å². The van der Waals surface area contributed by atoms with Gasteiger partial charge in [-0.25, -0.2) is 0 Å². The van der Waals surface area contributed by atoms with Gasteiger partial charge in [0.1, 0.15) is 0 Å². The Labute approximate surface area is 929 Å². The minimum Gasteiger partial charge on any atom is -0.0622 e. The molecule has 0 atom stereocenters. The van der Waals surface area contributed by atoms with Gasteiger partial charge in [-0.15, -0.1) is 0 Å². The quantitative estimate of drug-likeness (QED) is 0.107. The molecule has 0 aliphatic heterocycles. The molecule has 0 heterocycles. The lowest BCUT2D eigenvalue weighted by Gasteiger charge is -2.19. The van der Waals surface area contributed by atoms with E-state index < -0.39 is 807 Å². The fourth-order valence-electron chi connectivity index (χ4n) is 15.7. The van der Waals surface area contributed by atoms with E-state index >= 15 is 0 Å². The van der Waals surface area contributed by atoms with E-state index in [4.69, 9.17) is 80.9 Å². The van der Waals surface area contributed by atoms with Crippen molar-refractivity contribution in [3.8, 4) is 134 Å². The van der Waals surface area contributed by atoms with E-state index in [1.807, 2.05) is 0 Å². The molecular weight excluding hydrogens is 1660 g/mol. The number of hydrogen-bond donors (Lipinski definition) is 0. The van der Waals surface area contributed by atoms with E-state index in [0.29, 0.717) is 0 Å². The van der Waals surface area contributed by atoms with Crippen molar-refractivity contribution in [2.24, 2.45) is 0 Å². The summed E-state index contributed by atoms with van der Waals surface area (Å²) in [7, 11) is 0. The highest BCUT2D eigenvalue weighted by atomic mass is 14.3. The Morgan fingerprint density at radius 2 is 0.261 bits per heavy atom. The Balaban J connectivity index is 0.000000161. The molecule has 0 nitrogen and oxygen atoms in total. The van der Waals surface area contributed by atoms with Crippen LogP contribution >= 0.6 is 0 Å². The average molecular weight is 1840 g/mol. The van der Waals surface area contributed by atoms with E-state index in [2.05, 4.69) is 0 Å². The average Bonchev–Trinajstić information content (AvgIpc) is 0.681. The fraction of sp³-hybridized carbons (Fsp3) is 0. The molecule has 27 aromatic rings. The number of rotatable bonds is 12. The largest absolute Gasteiger partial charge is 0.0636 e. The third-order valence-electron chi connectivity index (χ3n) is 21.6. The molecule has 0 unspecified atom stereocenters. The van der Waals surface area contributed by atoms with Crippen LogP contribution in [0.15, 0.2) is 544 Å². The van der Waals surface area contributed by atoms with Crippen molar-refractivity contribution in [2.75, 3.05) is 0 Å². The molecule has 0 heteroatoms. The second kappa shape index (κ2) is 35.5. The molecule has 0 spiro atoms. The second-order valence-corrected chi connectivity index (χ2v) is 29.2. The van der Waals surface area contributed by atoms with Gasteiger partial charge in [-0.2, -0.15) is 0 Å². The second-order valence-electron chi connectivity index (χ2n) is 29.2. The summed E-state index contributed by atoms with van der Waals surface area (Å²) in [5.74, 6) is 0. The highest BCUT2D eigenvalue weighted by Gasteiger charge is 2.24. The van der Waals surface area contributed by atoms with Crippen LogP contribution in [0.5, 0.6) is 0 Å². The van der Waals surface area contributed by atoms with Crippen LogP contribution in [0.4, 0.5) is 0 Å². The van der Waals surface area contributed by atoms with Crippen LogP contribution in [0.25, 0.3) is 263 Å². The first-order valence-corrected chi connectivity index (χ1v) is 40.5. The van der Waals surface area contributed by atoms with Crippen molar-refractivity contribution in [3.63, 3.8) is 0 Å². The van der Waals surface area contributed by atoms with Crippen LogP contribution in [0.1, 0.15) is 123 Å². The maximum Gasteiger partial charge on any atom is 0.0636 e. The highest BCUT2D eigenvalue weighted by molar-refractivity contribution is 6.26. The van der Waals surface area contributed by atoms with Crippen LogP contribution in [0.3, 0.4) is 0 Å². The molecule has 0 aliphatic carbocycles. The molecule has 0 aliphatic rings. The summed E-state index contributed by atoms with van der Waals surface area (Å²) < 4.78 is 809. The van der Waals surface area contributed by atoms with Gasteiger partial charge < -0.3 is 0 Å². The summed E-state index contributed by atoms with van der Waals surface area (Å²) in [6.45, 7) is 0. The van der Waals surface area contributed by atoms with E-state index in [-0.39, 0.29) is 0 Å². The van der Waals surface area contributed by atoms with Gasteiger partial charge in [0.15, 0.2) is 0 Å². The van der Waals surface area contributed by atoms with Crippen LogP contribution in [0, 0.1) is 0 Å². The van der Waals surface area contributed by atoms with Gasteiger partial charge in [-0.1, -0.05) is 514 Å². The normalized spacial score (nSPS) is 20.6. The van der Waals surface area contributed by atoms with Crippen molar-refractivity contribution in [1.82, 2.24) is 0 Å². The number of hydrogen-bond acceptors (Lipinski definition) is 0. The van der Waals surface area contributed by atoms with Gasteiger partial charge in [0.2, 0.25) is 0 Å². The van der Waals surface area contributed by atoms with Crippen molar-refractivity contribution >= 4 is 129 Å². The first-order valence-electron chi connectivity index (χ1n) is 85.5.